The van der Waals surface area contributed by atoms with Crippen LogP contribution >= 0.6 is 11.8 Å². The number of carbonyl (C=O) groups excluding carboxylic acids is 1. The van der Waals surface area contributed by atoms with E-state index in [2.05, 4.69) is 5.32 Å². The summed E-state index contributed by atoms with van der Waals surface area (Å²) in [6.07, 6.45) is 2.68. The van der Waals surface area contributed by atoms with Crippen LogP contribution in [0.15, 0.2) is 0 Å². The van der Waals surface area contributed by atoms with E-state index in [0.29, 0.717) is 13.0 Å². The molecule has 0 aromatic rings. The van der Waals surface area contributed by atoms with Crippen molar-refractivity contribution in [3.63, 3.8) is 0 Å². The molecule has 2 amide bonds. The molecular weight excluding hydrogens is 240 g/mol. The topological polar surface area (TPSA) is 69.6 Å². The fraction of sp³-hybridized carbons (Fsp3) is 0.818. The molecule has 0 bridgehead atoms. The van der Waals surface area contributed by atoms with Crippen LogP contribution < -0.4 is 5.32 Å². The molecular formula is C11H22N2O3S. The van der Waals surface area contributed by atoms with Gasteiger partial charge in [0.2, 0.25) is 0 Å². The molecule has 0 aliphatic heterocycles. The van der Waals surface area contributed by atoms with Gasteiger partial charge in [-0.2, -0.15) is 11.8 Å². The van der Waals surface area contributed by atoms with E-state index < -0.39 is 12.0 Å². The Morgan fingerprint density at radius 3 is 2.47 bits per heavy atom. The second-order valence-corrected chi connectivity index (χ2v) is 5.05. The average molecular weight is 262 g/mol. The first-order valence-corrected chi connectivity index (χ1v) is 7.06. The van der Waals surface area contributed by atoms with E-state index in [9.17, 15) is 9.59 Å². The van der Waals surface area contributed by atoms with Crippen LogP contribution in [0.4, 0.5) is 4.79 Å². The van der Waals surface area contributed by atoms with Crippen molar-refractivity contribution < 1.29 is 14.7 Å². The van der Waals surface area contributed by atoms with Crippen LogP contribution in [0.3, 0.4) is 0 Å². The van der Waals surface area contributed by atoms with Gasteiger partial charge < -0.3 is 15.3 Å². The Morgan fingerprint density at radius 2 is 2.06 bits per heavy atom. The molecule has 0 rings (SSSR count). The van der Waals surface area contributed by atoms with Crippen molar-refractivity contribution >= 4 is 23.8 Å². The van der Waals surface area contributed by atoms with Gasteiger partial charge in [0.1, 0.15) is 6.04 Å². The lowest BCUT2D eigenvalue weighted by Gasteiger charge is -2.24. The maximum atomic E-state index is 11.7. The molecule has 0 aliphatic rings. The zero-order valence-electron chi connectivity index (χ0n) is 10.9. The Bertz CT molecular complexity index is 261. The molecule has 0 spiro atoms. The summed E-state index contributed by atoms with van der Waals surface area (Å²) in [5.74, 6) is -0.221. The van der Waals surface area contributed by atoms with Crippen LogP contribution in [-0.2, 0) is 4.79 Å². The normalized spacial score (nSPS) is 13.9. The number of aliphatic carboxylic acids is 1. The Balaban J connectivity index is 4.35. The van der Waals surface area contributed by atoms with E-state index in [1.54, 1.807) is 18.8 Å². The number of hydrogen-bond donors (Lipinski definition) is 2. The number of thioether (sulfide) groups is 1. The van der Waals surface area contributed by atoms with Crippen LogP contribution in [0.1, 0.15) is 20.3 Å². The maximum Gasteiger partial charge on any atom is 0.326 e. The minimum absolute atomic E-state index is 0.0783. The fourth-order valence-corrected chi connectivity index (χ4v) is 1.71. The third-order valence-corrected chi connectivity index (χ3v) is 3.33. The van der Waals surface area contributed by atoms with Gasteiger partial charge in [0.25, 0.3) is 0 Å². The highest BCUT2D eigenvalue weighted by Crippen LogP contribution is 2.08. The Labute approximate surface area is 107 Å². The second-order valence-electron chi connectivity index (χ2n) is 4.07. The maximum absolute atomic E-state index is 11.7. The number of carbonyl (C=O) groups is 2. The summed E-state index contributed by atoms with van der Waals surface area (Å²) in [7, 11) is 1.67. The average Bonchev–Trinajstić information content (AvgIpc) is 2.31. The van der Waals surface area contributed by atoms with Crippen LogP contribution in [-0.4, -0.2) is 53.6 Å². The van der Waals surface area contributed by atoms with E-state index in [-0.39, 0.29) is 11.9 Å². The van der Waals surface area contributed by atoms with Gasteiger partial charge in [0, 0.05) is 19.3 Å². The number of urea groups is 1. The first-order valence-electron chi connectivity index (χ1n) is 5.67. The SMILES string of the molecule is CCC(C)[C@H](NC(=O)N(C)CCSC)C(=O)O. The van der Waals surface area contributed by atoms with E-state index in [0.717, 1.165) is 5.75 Å². The minimum Gasteiger partial charge on any atom is -0.480 e. The summed E-state index contributed by atoms with van der Waals surface area (Å²) in [6.45, 7) is 4.34. The second kappa shape index (κ2) is 8.22. The van der Waals surface area contributed by atoms with Crippen LogP contribution in [0.2, 0.25) is 0 Å². The number of nitrogens with one attached hydrogen (secondary N) is 1. The third kappa shape index (κ3) is 5.81. The lowest BCUT2D eigenvalue weighted by molar-refractivity contribution is -0.140. The molecule has 1 unspecified atom stereocenters. The number of rotatable bonds is 7. The monoisotopic (exact) mass is 262 g/mol. The van der Waals surface area contributed by atoms with Crippen LogP contribution in [0.25, 0.3) is 0 Å². The Kier molecular flexibility index (Phi) is 7.78. The molecule has 0 saturated heterocycles. The number of carboxylic acids is 1. The van der Waals surface area contributed by atoms with Crippen molar-refractivity contribution in [3.05, 3.63) is 0 Å². The summed E-state index contributed by atoms with van der Waals surface area (Å²) in [6, 6.07) is -1.14. The zero-order chi connectivity index (χ0) is 13.4. The van der Waals surface area contributed by atoms with Gasteiger partial charge in [-0.05, 0) is 12.2 Å². The standard InChI is InChI=1S/C11H22N2O3S/c1-5-8(2)9(10(14)15)12-11(16)13(3)6-7-17-4/h8-9H,5-7H2,1-4H3,(H,12,16)(H,14,15)/t8?,9-/m0/s1. The fourth-order valence-electron chi connectivity index (χ4n) is 1.26. The van der Waals surface area contributed by atoms with E-state index >= 15 is 0 Å². The molecule has 0 aromatic heterocycles. The highest BCUT2D eigenvalue weighted by molar-refractivity contribution is 7.98. The first kappa shape index (κ1) is 16.1. The molecule has 0 aromatic carbocycles. The summed E-state index contributed by atoms with van der Waals surface area (Å²) >= 11 is 1.65. The third-order valence-electron chi connectivity index (χ3n) is 2.74. The molecule has 5 nitrogen and oxygen atoms in total. The van der Waals surface area contributed by atoms with Gasteiger partial charge in [-0.25, -0.2) is 9.59 Å². The quantitative estimate of drug-likeness (QED) is 0.729. The van der Waals surface area contributed by atoms with Gasteiger partial charge in [-0.15, -0.1) is 0 Å². The lowest BCUT2D eigenvalue weighted by Crippen LogP contribution is -2.49. The first-order chi connectivity index (χ1) is 7.93. The number of nitrogens with zero attached hydrogens (tertiary/aromatic N) is 1. The highest BCUT2D eigenvalue weighted by Gasteiger charge is 2.26. The summed E-state index contributed by atoms with van der Waals surface area (Å²) in [5, 5.41) is 11.6. The highest BCUT2D eigenvalue weighted by atomic mass is 32.2. The largest absolute Gasteiger partial charge is 0.480 e. The minimum atomic E-state index is -0.981. The summed E-state index contributed by atoms with van der Waals surface area (Å²) in [4.78, 5) is 24.3. The van der Waals surface area contributed by atoms with Gasteiger partial charge >= 0.3 is 12.0 Å². The molecule has 6 heteroatoms. The molecule has 17 heavy (non-hydrogen) atoms. The number of amides is 2. The van der Waals surface area contributed by atoms with E-state index in [1.165, 1.54) is 4.90 Å². The molecule has 0 saturated carbocycles. The predicted octanol–water partition coefficient (Wildman–Crippen LogP) is 1.49. The van der Waals surface area contributed by atoms with E-state index in [4.69, 9.17) is 5.11 Å². The molecule has 0 radical (unpaired) electrons. The van der Waals surface area contributed by atoms with Crippen molar-refractivity contribution in [1.82, 2.24) is 10.2 Å². The van der Waals surface area contributed by atoms with Gasteiger partial charge in [-0.3, -0.25) is 0 Å². The zero-order valence-corrected chi connectivity index (χ0v) is 11.7. The van der Waals surface area contributed by atoms with Crippen molar-refractivity contribution in [3.8, 4) is 0 Å². The van der Waals surface area contributed by atoms with Crippen LogP contribution in [0.5, 0.6) is 0 Å². The number of hydrogen-bond acceptors (Lipinski definition) is 3. The number of carboxylic acid groups (broad SMARTS) is 1. The lowest BCUT2D eigenvalue weighted by atomic mass is 9.99. The van der Waals surface area contributed by atoms with Gasteiger partial charge in [0.15, 0.2) is 0 Å². The summed E-state index contributed by atoms with van der Waals surface area (Å²) in [5.41, 5.74) is 0. The van der Waals surface area contributed by atoms with Crippen molar-refractivity contribution in [2.45, 2.75) is 26.3 Å². The molecule has 0 fully saturated rings. The molecule has 0 aliphatic carbocycles. The van der Waals surface area contributed by atoms with Crippen molar-refractivity contribution in [2.75, 3.05) is 25.6 Å². The predicted molar refractivity (Wildman–Crippen MR) is 70.4 cm³/mol. The summed E-state index contributed by atoms with van der Waals surface area (Å²) < 4.78 is 0. The van der Waals surface area contributed by atoms with Gasteiger partial charge in [-0.1, -0.05) is 20.3 Å². The van der Waals surface area contributed by atoms with E-state index in [1.807, 2.05) is 20.1 Å². The molecule has 2 N–H and O–H groups in total. The van der Waals surface area contributed by atoms with Crippen molar-refractivity contribution in [1.29, 1.82) is 0 Å². The van der Waals surface area contributed by atoms with Crippen LogP contribution in [0, 0.1) is 5.92 Å². The molecule has 0 heterocycles. The van der Waals surface area contributed by atoms with Gasteiger partial charge in [0.05, 0.1) is 0 Å². The Hall–Kier alpha value is -0.910. The smallest absolute Gasteiger partial charge is 0.326 e. The molecule has 2 atom stereocenters. The molecule has 100 valence electrons. The Morgan fingerprint density at radius 1 is 1.47 bits per heavy atom. The van der Waals surface area contributed by atoms with Crippen molar-refractivity contribution in [2.24, 2.45) is 5.92 Å².